The third-order valence-electron chi connectivity index (χ3n) is 3.36. The molecule has 0 bridgehead atoms. The molecular formula is C17H18ClNO4S. The largest absolute Gasteiger partial charge is 0.493 e. The Kier molecular flexibility index (Phi) is 5.75. The zero-order valence-electron chi connectivity index (χ0n) is 13.4. The number of benzene rings is 2. The molecule has 7 heteroatoms. The van der Waals surface area contributed by atoms with E-state index in [1.165, 1.54) is 36.7 Å². The molecule has 0 heterocycles. The van der Waals surface area contributed by atoms with Crippen molar-refractivity contribution in [1.82, 2.24) is 0 Å². The van der Waals surface area contributed by atoms with Crippen LogP contribution in [0, 0.1) is 0 Å². The van der Waals surface area contributed by atoms with Gasteiger partial charge in [0.2, 0.25) is 0 Å². The highest BCUT2D eigenvalue weighted by Crippen LogP contribution is 2.34. The van der Waals surface area contributed by atoms with Crippen LogP contribution in [0.1, 0.15) is 0 Å². The van der Waals surface area contributed by atoms with Gasteiger partial charge in [0.1, 0.15) is 0 Å². The van der Waals surface area contributed by atoms with Gasteiger partial charge in [-0.05, 0) is 24.3 Å². The summed E-state index contributed by atoms with van der Waals surface area (Å²) in [5.41, 5.74) is 0.383. The molecule has 0 aliphatic rings. The molecule has 2 aromatic rings. The zero-order valence-corrected chi connectivity index (χ0v) is 15.0. The lowest BCUT2D eigenvalue weighted by atomic mass is 10.3. The fraction of sp³-hybridized carbons (Fsp3) is 0.176. The van der Waals surface area contributed by atoms with Crippen LogP contribution in [-0.2, 0) is 10.0 Å². The van der Waals surface area contributed by atoms with E-state index in [2.05, 4.69) is 6.58 Å². The predicted octanol–water partition coefficient (Wildman–Crippen LogP) is 3.74. The van der Waals surface area contributed by atoms with Gasteiger partial charge in [0.15, 0.2) is 11.5 Å². The van der Waals surface area contributed by atoms with Gasteiger partial charge in [0, 0.05) is 6.07 Å². The SMILES string of the molecule is C=CCN(c1ccccc1Cl)S(=O)(=O)c1ccc(OC)c(OC)c1. The number of ether oxygens (including phenoxy) is 2. The van der Waals surface area contributed by atoms with E-state index >= 15 is 0 Å². The molecule has 0 amide bonds. The molecule has 2 rings (SSSR count). The van der Waals surface area contributed by atoms with Crippen LogP contribution in [0.3, 0.4) is 0 Å². The fourth-order valence-corrected chi connectivity index (χ4v) is 3.96. The summed E-state index contributed by atoms with van der Waals surface area (Å²) in [6.45, 7) is 3.71. The Bertz CT molecular complexity index is 836. The lowest BCUT2D eigenvalue weighted by molar-refractivity contribution is 0.354. The van der Waals surface area contributed by atoms with Crippen molar-refractivity contribution >= 4 is 27.3 Å². The molecular weight excluding hydrogens is 350 g/mol. The minimum Gasteiger partial charge on any atom is -0.493 e. The molecule has 0 spiro atoms. The lowest BCUT2D eigenvalue weighted by Crippen LogP contribution is -2.31. The van der Waals surface area contributed by atoms with Crippen molar-refractivity contribution in [2.24, 2.45) is 0 Å². The van der Waals surface area contributed by atoms with Crippen LogP contribution in [0.15, 0.2) is 60.0 Å². The van der Waals surface area contributed by atoms with E-state index < -0.39 is 10.0 Å². The highest BCUT2D eigenvalue weighted by atomic mass is 35.5. The van der Waals surface area contributed by atoms with Gasteiger partial charge < -0.3 is 9.47 Å². The maximum absolute atomic E-state index is 13.1. The Labute approximate surface area is 147 Å². The van der Waals surface area contributed by atoms with Crippen LogP contribution in [0.25, 0.3) is 0 Å². The van der Waals surface area contributed by atoms with E-state index in [1.54, 1.807) is 30.3 Å². The van der Waals surface area contributed by atoms with Gasteiger partial charge in [-0.15, -0.1) is 6.58 Å². The van der Waals surface area contributed by atoms with Crippen LogP contribution in [0.5, 0.6) is 11.5 Å². The summed E-state index contributed by atoms with van der Waals surface area (Å²) < 4.78 is 37.7. The zero-order chi connectivity index (χ0) is 17.7. The fourth-order valence-electron chi connectivity index (χ4n) is 2.20. The number of halogens is 1. The van der Waals surface area contributed by atoms with Crippen molar-refractivity contribution < 1.29 is 17.9 Å². The molecule has 0 aliphatic carbocycles. The molecule has 0 fully saturated rings. The molecule has 0 radical (unpaired) electrons. The average Bonchev–Trinajstić information content (AvgIpc) is 2.59. The Morgan fingerprint density at radius 3 is 2.38 bits per heavy atom. The first-order valence-electron chi connectivity index (χ1n) is 7.06. The molecule has 0 N–H and O–H groups in total. The molecule has 0 saturated carbocycles. The van der Waals surface area contributed by atoms with Crippen LogP contribution in [-0.4, -0.2) is 29.2 Å². The second-order valence-electron chi connectivity index (χ2n) is 4.79. The topological polar surface area (TPSA) is 55.8 Å². The summed E-state index contributed by atoms with van der Waals surface area (Å²) in [7, 11) is -0.920. The number of anilines is 1. The van der Waals surface area contributed by atoms with Gasteiger partial charge in [0.05, 0.1) is 36.4 Å². The van der Waals surface area contributed by atoms with Gasteiger partial charge in [-0.2, -0.15) is 0 Å². The molecule has 128 valence electrons. The molecule has 24 heavy (non-hydrogen) atoms. The monoisotopic (exact) mass is 367 g/mol. The van der Waals surface area contributed by atoms with E-state index in [0.717, 1.165) is 0 Å². The summed E-state index contributed by atoms with van der Waals surface area (Å²) in [6, 6.07) is 11.2. The molecule has 0 aromatic heterocycles. The summed E-state index contributed by atoms with van der Waals surface area (Å²) >= 11 is 6.17. The van der Waals surface area contributed by atoms with E-state index in [1.807, 2.05) is 0 Å². The number of hydrogen-bond acceptors (Lipinski definition) is 4. The Morgan fingerprint density at radius 2 is 1.79 bits per heavy atom. The number of methoxy groups -OCH3 is 2. The summed E-state index contributed by atoms with van der Waals surface area (Å²) in [6.07, 6.45) is 1.50. The van der Waals surface area contributed by atoms with Crippen LogP contribution >= 0.6 is 11.6 Å². The summed E-state index contributed by atoms with van der Waals surface area (Å²) in [5, 5.41) is 0.336. The van der Waals surface area contributed by atoms with Gasteiger partial charge in [-0.25, -0.2) is 8.42 Å². The molecule has 0 saturated heterocycles. The smallest absolute Gasteiger partial charge is 0.264 e. The maximum atomic E-state index is 13.1. The number of rotatable bonds is 7. The third kappa shape index (κ3) is 3.49. The van der Waals surface area contributed by atoms with Crippen molar-refractivity contribution in [2.45, 2.75) is 4.90 Å². The van der Waals surface area contributed by atoms with Gasteiger partial charge in [0.25, 0.3) is 10.0 Å². The quantitative estimate of drug-likeness (QED) is 0.699. The second kappa shape index (κ2) is 7.59. The van der Waals surface area contributed by atoms with Crippen molar-refractivity contribution in [3.8, 4) is 11.5 Å². The number of para-hydroxylation sites is 1. The standard InChI is InChI=1S/C17H18ClNO4S/c1-4-11-19(15-8-6-5-7-14(15)18)24(20,21)13-9-10-16(22-2)17(12-13)23-3/h4-10,12H,1,11H2,2-3H3. The minimum absolute atomic E-state index is 0.0712. The van der Waals surface area contributed by atoms with Crippen LogP contribution in [0.4, 0.5) is 5.69 Å². The van der Waals surface area contributed by atoms with Gasteiger partial charge in [-0.3, -0.25) is 4.31 Å². The normalized spacial score (nSPS) is 11.0. The van der Waals surface area contributed by atoms with E-state index in [9.17, 15) is 8.42 Å². The Morgan fingerprint density at radius 1 is 1.12 bits per heavy atom. The first-order chi connectivity index (χ1) is 11.5. The first kappa shape index (κ1) is 18.2. The van der Waals surface area contributed by atoms with Crippen molar-refractivity contribution in [2.75, 3.05) is 25.1 Å². The van der Waals surface area contributed by atoms with E-state index in [0.29, 0.717) is 22.2 Å². The van der Waals surface area contributed by atoms with E-state index in [-0.39, 0.29) is 11.4 Å². The molecule has 2 aromatic carbocycles. The van der Waals surface area contributed by atoms with Gasteiger partial charge in [-0.1, -0.05) is 29.8 Å². The minimum atomic E-state index is -3.85. The highest BCUT2D eigenvalue weighted by Gasteiger charge is 2.26. The van der Waals surface area contributed by atoms with Crippen molar-refractivity contribution in [3.05, 3.63) is 60.1 Å². The summed E-state index contributed by atoms with van der Waals surface area (Å²) in [5.74, 6) is 0.778. The highest BCUT2D eigenvalue weighted by molar-refractivity contribution is 7.92. The van der Waals surface area contributed by atoms with Crippen molar-refractivity contribution in [1.29, 1.82) is 0 Å². The number of nitrogens with zero attached hydrogens (tertiary/aromatic N) is 1. The van der Waals surface area contributed by atoms with Crippen molar-refractivity contribution in [3.63, 3.8) is 0 Å². The maximum Gasteiger partial charge on any atom is 0.264 e. The Balaban J connectivity index is 2.57. The Hall–Kier alpha value is -2.18. The molecule has 0 unspecified atom stereocenters. The number of hydrogen-bond donors (Lipinski definition) is 0. The second-order valence-corrected chi connectivity index (χ2v) is 7.06. The van der Waals surface area contributed by atoms with Gasteiger partial charge >= 0.3 is 0 Å². The number of sulfonamides is 1. The predicted molar refractivity (Wildman–Crippen MR) is 95.7 cm³/mol. The summed E-state index contributed by atoms with van der Waals surface area (Å²) in [4.78, 5) is 0.0712. The molecule has 0 atom stereocenters. The first-order valence-corrected chi connectivity index (χ1v) is 8.87. The third-order valence-corrected chi connectivity index (χ3v) is 5.45. The molecule has 5 nitrogen and oxygen atoms in total. The van der Waals surface area contributed by atoms with Crippen LogP contribution in [0.2, 0.25) is 5.02 Å². The molecule has 0 aliphatic heterocycles. The van der Waals surface area contributed by atoms with E-state index in [4.69, 9.17) is 21.1 Å². The average molecular weight is 368 g/mol. The lowest BCUT2D eigenvalue weighted by Gasteiger charge is -2.24. The van der Waals surface area contributed by atoms with Crippen LogP contribution < -0.4 is 13.8 Å².